The normalized spacial score (nSPS) is 12.0. The number of hydrogen-bond donors (Lipinski definition) is 2. The van der Waals surface area contributed by atoms with Crippen LogP contribution in [-0.2, 0) is 4.79 Å². The fourth-order valence-corrected chi connectivity index (χ4v) is 1.90. The first kappa shape index (κ1) is 17.1. The van der Waals surface area contributed by atoms with Crippen molar-refractivity contribution in [3.63, 3.8) is 0 Å². The molecule has 0 bridgehead atoms. The van der Waals surface area contributed by atoms with Crippen LogP contribution in [0.25, 0.3) is 0 Å². The summed E-state index contributed by atoms with van der Waals surface area (Å²) in [6.45, 7) is 6.29. The van der Waals surface area contributed by atoms with Gasteiger partial charge < -0.3 is 10.6 Å². The molecule has 116 valence electrons. The highest BCUT2D eigenvalue weighted by Crippen LogP contribution is 2.09. The van der Waals surface area contributed by atoms with E-state index >= 15 is 0 Å². The SMILES string of the molecule is CCCCNC(=O)C(NC(=O)c1ccccc1F)C(C)C. The van der Waals surface area contributed by atoms with E-state index in [0.717, 1.165) is 12.8 Å². The molecular weight excluding hydrogens is 271 g/mol. The third-order valence-corrected chi connectivity index (χ3v) is 3.18. The van der Waals surface area contributed by atoms with Gasteiger partial charge in [0.05, 0.1) is 5.56 Å². The van der Waals surface area contributed by atoms with Crippen LogP contribution in [0.5, 0.6) is 0 Å². The largest absolute Gasteiger partial charge is 0.354 e. The Morgan fingerprint density at radius 1 is 1.24 bits per heavy atom. The Hall–Kier alpha value is -1.91. The lowest BCUT2D eigenvalue weighted by Crippen LogP contribution is -2.50. The molecule has 2 amide bonds. The van der Waals surface area contributed by atoms with E-state index in [2.05, 4.69) is 10.6 Å². The Kier molecular flexibility index (Phi) is 6.85. The summed E-state index contributed by atoms with van der Waals surface area (Å²) < 4.78 is 13.6. The number of halogens is 1. The smallest absolute Gasteiger partial charge is 0.254 e. The van der Waals surface area contributed by atoms with E-state index in [1.165, 1.54) is 18.2 Å². The van der Waals surface area contributed by atoms with Crippen molar-refractivity contribution in [2.75, 3.05) is 6.54 Å². The van der Waals surface area contributed by atoms with Crippen molar-refractivity contribution in [3.8, 4) is 0 Å². The Labute approximate surface area is 125 Å². The first-order chi connectivity index (χ1) is 9.97. The van der Waals surface area contributed by atoms with Gasteiger partial charge >= 0.3 is 0 Å². The van der Waals surface area contributed by atoms with Gasteiger partial charge in [-0.15, -0.1) is 0 Å². The highest BCUT2D eigenvalue weighted by molar-refractivity contribution is 5.97. The van der Waals surface area contributed by atoms with Gasteiger partial charge in [0, 0.05) is 6.54 Å². The first-order valence-corrected chi connectivity index (χ1v) is 7.30. The molecule has 2 N–H and O–H groups in total. The second kappa shape index (κ2) is 8.39. The minimum atomic E-state index is -0.672. The highest BCUT2D eigenvalue weighted by atomic mass is 19.1. The molecule has 1 unspecified atom stereocenters. The van der Waals surface area contributed by atoms with Gasteiger partial charge in [0.1, 0.15) is 11.9 Å². The van der Waals surface area contributed by atoms with Crippen LogP contribution in [0.15, 0.2) is 24.3 Å². The number of amides is 2. The predicted octanol–water partition coefficient (Wildman–Crippen LogP) is 2.50. The second-order valence-electron chi connectivity index (χ2n) is 5.32. The molecule has 0 saturated carbocycles. The molecule has 1 rings (SSSR count). The van der Waals surface area contributed by atoms with E-state index in [4.69, 9.17) is 0 Å². The maximum Gasteiger partial charge on any atom is 0.254 e. The van der Waals surface area contributed by atoms with Crippen LogP contribution in [0.2, 0.25) is 0 Å². The Balaban J connectivity index is 2.72. The van der Waals surface area contributed by atoms with Crippen molar-refractivity contribution in [1.29, 1.82) is 0 Å². The molecule has 0 fully saturated rings. The highest BCUT2D eigenvalue weighted by Gasteiger charge is 2.25. The number of unbranched alkanes of at least 4 members (excludes halogenated alkanes) is 1. The van der Waals surface area contributed by atoms with Crippen molar-refractivity contribution < 1.29 is 14.0 Å². The van der Waals surface area contributed by atoms with Gasteiger partial charge in [-0.2, -0.15) is 0 Å². The zero-order valence-electron chi connectivity index (χ0n) is 12.8. The molecule has 0 heterocycles. The summed E-state index contributed by atoms with van der Waals surface area (Å²) in [6, 6.07) is 5.05. The van der Waals surface area contributed by atoms with Crippen LogP contribution in [0.4, 0.5) is 4.39 Å². The predicted molar refractivity (Wildman–Crippen MR) is 80.4 cm³/mol. The molecular formula is C16H23FN2O2. The van der Waals surface area contributed by atoms with E-state index in [-0.39, 0.29) is 17.4 Å². The number of carbonyl (C=O) groups excluding carboxylic acids is 2. The van der Waals surface area contributed by atoms with E-state index in [1.807, 2.05) is 20.8 Å². The third-order valence-electron chi connectivity index (χ3n) is 3.18. The quantitative estimate of drug-likeness (QED) is 0.759. The van der Waals surface area contributed by atoms with Crippen molar-refractivity contribution in [2.24, 2.45) is 5.92 Å². The third kappa shape index (κ3) is 5.17. The van der Waals surface area contributed by atoms with Gasteiger partial charge in [-0.3, -0.25) is 9.59 Å². The molecule has 0 aliphatic rings. The molecule has 4 nitrogen and oxygen atoms in total. The molecule has 0 aliphatic heterocycles. The van der Waals surface area contributed by atoms with E-state index < -0.39 is 17.8 Å². The van der Waals surface area contributed by atoms with Gasteiger partial charge in [-0.05, 0) is 24.5 Å². The van der Waals surface area contributed by atoms with Gasteiger partial charge in [0.2, 0.25) is 5.91 Å². The first-order valence-electron chi connectivity index (χ1n) is 7.30. The maximum atomic E-state index is 13.6. The summed E-state index contributed by atoms with van der Waals surface area (Å²) in [6.07, 6.45) is 1.87. The zero-order valence-corrected chi connectivity index (χ0v) is 12.8. The van der Waals surface area contributed by atoms with Crippen molar-refractivity contribution in [3.05, 3.63) is 35.6 Å². The average Bonchev–Trinajstić information content (AvgIpc) is 2.44. The molecule has 0 aliphatic carbocycles. The number of nitrogens with one attached hydrogen (secondary N) is 2. The van der Waals surface area contributed by atoms with Crippen LogP contribution >= 0.6 is 0 Å². The van der Waals surface area contributed by atoms with Crippen LogP contribution in [0, 0.1) is 11.7 Å². The lowest BCUT2D eigenvalue weighted by atomic mass is 10.0. The van der Waals surface area contributed by atoms with Crippen molar-refractivity contribution >= 4 is 11.8 Å². The van der Waals surface area contributed by atoms with E-state index in [1.54, 1.807) is 6.07 Å². The molecule has 21 heavy (non-hydrogen) atoms. The second-order valence-corrected chi connectivity index (χ2v) is 5.32. The van der Waals surface area contributed by atoms with Crippen LogP contribution in [-0.4, -0.2) is 24.4 Å². The van der Waals surface area contributed by atoms with E-state index in [9.17, 15) is 14.0 Å². The topological polar surface area (TPSA) is 58.2 Å². The number of benzene rings is 1. The van der Waals surface area contributed by atoms with Gasteiger partial charge in [0.25, 0.3) is 5.91 Å². The number of hydrogen-bond acceptors (Lipinski definition) is 2. The molecule has 1 atom stereocenters. The van der Waals surface area contributed by atoms with Crippen LogP contribution in [0.1, 0.15) is 44.0 Å². The van der Waals surface area contributed by atoms with Crippen LogP contribution in [0.3, 0.4) is 0 Å². The molecule has 0 spiro atoms. The molecule has 0 aromatic heterocycles. The Morgan fingerprint density at radius 2 is 1.90 bits per heavy atom. The molecule has 1 aromatic rings. The lowest BCUT2D eigenvalue weighted by molar-refractivity contribution is -0.123. The summed E-state index contributed by atoms with van der Waals surface area (Å²) in [7, 11) is 0. The summed E-state index contributed by atoms with van der Waals surface area (Å²) in [5.74, 6) is -1.48. The number of carbonyl (C=O) groups is 2. The summed E-state index contributed by atoms with van der Waals surface area (Å²) >= 11 is 0. The Morgan fingerprint density at radius 3 is 2.48 bits per heavy atom. The van der Waals surface area contributed by atoms with Crippen molar-refractivity contribution in [2.45, 2.75) is 39.7 Å². The monoisotopic (exact) mass is 294 g/mol. The lowest BCUT2D eigenvalue weighted by Gasteiger charge is -2.21. The molecule has 5 heteroatoms. The van der Waals surface area contributed by atoms with Crippen LogP contribution < -0.4 is 10.6 Å². The fourth-order valence-electron chi connectivity index (χ4n) is 1.90. The average molecular weight is 294 g/mol. The summed E-state index contributed by atoms with van der Waals surface area (Å²) in [5.41, 5.74) is -0.0514. The van der Waals surface area contributed by atoms with Gasteiger partial charge in [-0.25, -0.2) is 4.39 Å². The molecule has 0 saturated heterocycles. The molecule has 1 aromatic carbocycles. The fraction of sp³-hybridized carbons (Fsp3) is 0.500. The number of rotatable bonds is 7. The minimum absolute atomic E-state index is 0.0514. The molecule has 0 radical (unpaired) electrons. The summed E-state index contributed by atoms with van der Waals surface area (Å²) in [5, 5.41) is 5.40. The zero-order chi connectivity index (χ0) is 15.8. The summed E-state index contributed by atoms with van der Waals surface area (Å²) in [4.78, 5) is 24.2. The minimum Gasteiger partial charge on any atom is -0.354 e. The van der Waals surface area contributed by atoms with Crippen molar-refractivity contribution in [1.82, 2.24) is 10.6 Å². The van der Waals surface area contributed by atoms with Gasteiger partial charge in [0.15, 0.2) is 0 Å². The van der Waals surface area contributed by atoms with Gasteiger partial charge in [-0.1, -0.05) is 39.3 Å². The standard InChI is InChI=1S/C16H23FN2O2/c1-4-5-10-18-16(21)14(11(2)3)19-15(20)12-8-6-7-9-13(12)17/h6-9,11,14H,4-5,10H2,1-3H3,(H,18,21)(H,19,20). The maximum absolute atomic E-state index is 13.6. The van der Waals surface area contributed by atoms with E-state index in [0.29, 0.717) is 6.54 Å². The Bertz CT molecular complexity index is 489.